The van der Waals surface area contributed by atoms with Gasteiger partial charge in [-0.1, -0.05) is 25.1 Å². The lowest BCUT2D eigenvalue weighted by Gasteiger charge is -1.95. The first-order valence-electron chi connectivity index (χ1n) is 5.94. The molecule has 2 aromatic heterocycles. The van der Waals surface area contributed by atoms with Crippen LogP contribution < -0.4 is 0 Å². The van der Waals surface area contributed by atoms with E-state index in [-0.39, 0.29) is 0 Å². The molecule has 0 aliphatic heterocycles. The topological polar surface area (TPSA) is 41.8 Å². The number of hydrogen-bond donors (Lipinski definition) is 1. The summed E-state index contributed by atoms with van der Waals surface area (Å²) in [7, 11) is 0. The van der Waals surface area contributed by atoms with Gasteiger partial charge in [0.25, 0.3) is 0 Å². The molecule has 3 nitrogen and oxygen atoms in total. The van der Waals surface area contributed by atoms with E-state index in [2.05, 4.69) is 23.2 Å². The Balaban J connectivity index is 2.21. The van der Waals surface area contributed by atoms with Crippen molar-refractivity contribution in [2.45, 2.75) is 19.2 Å². The van der Waals surface area contributed by atoms with Crippen LogP contribution in [0, 0.1) is 0 Å². The maximum Gasteiger partial charge on any atom is 0.158 e. The molecule has 0 fully saturated rings. The minimum atomic E-state index is 0.425. The molecule has 0 bridgehead atoms. The van der Waals surface area contributed by atoms with E-state index in [1.807, 2.05) is 24.3 Å². The van der Waals surface area contributed by atoms with Crippen LogP contribution in [-0.4, -0.2) is 10.2 Å². The Labute approximate surface area is 110 Å². The summed E-state index contributed by atoms with van der Waals surface area (Å²) >= 11 is 5.78. The van der Waals surface area contributed by atoms with E-state index in [0.29, 0.717) is 5.88 Å². The smallest absolute Gasteiger partial charge is 0.158 e. The minimum Gasteiger partial charge on any atom is -0.454 e. The number of nitrogens with one attached hydrogen (secondary N) is 1. The molecule has 0 saturated carbocycles. The summed E-state index contributed by atoms with van der Waals surface area (Å²) in [6, 6.07) is 9.99. The molecule has 0 unspecified atom stereocenters. The van der Waals surface area contributed by atoms with Crippen LogP contribution >= 0.6 is 11.6 Å². The molecule has 92 valence electrons. The summed E-state index contributed by atoms with van der Waals surface area (Å²) < 4.78 is 5.91. The summed E-state index contributed by atoms with van der Waals surface area (Å²) in [5.74, 6) is 1.26. The Bertz CT molecular complexity index is 684. The molecule has 3 rings (SSSR count). The number of para-hydroxylation sites is 1. The molecule has 0 saturated heterocycles. The minimum absolute atomic E-state index is 0.425. The summed E-state index contributed by atoms with van der Waals surface area (Å²) in [6.45, 7) is 2.12. The van der Waals surface area contributed by atoms with Crippen molar-refractivity contribution >= 4 is 22.6 Å². The molecule has 1 N–H and O–H groups in total. The van der Waals surface area contributed by atoms with Crippen LogP contribution in [0.25, 0.3) is 22.4 Å². The highest BCUT2D eigenvalue weighted by Gasteiger charge is 2.16. The number of rotatable bonds is 3. The number of benzene rings is 1. The fraction of sp³-hybridized carbons (Fsp3) is 0.214. The van der Waals surface area contributed by atoms with E-state index in [4.69, 9.17) is 16.0 Å². The highest BCUT2D eigenvalue weighted by atomic mass is 35.5. The van der Waals surface area contributed by atoms with Gasteiger partial charge in [0.1, 0.15) is 11.3 Å². The molecule has 3 aromatic rings. The molecule has 0 amide bonds. The second-order valence-electron chi connectivity index (χ2n) is 4.17. The van der Waals surface area contributed by atoms with E-state index in [0.717, 1.165) is 34.5 Å². The molecule has 0 spiro atoms. The first kappa shape index (κ1) is 11.4. The van der Waals surface area contributed by atoms with Gasteiger partial charge in [-0.15, -0.1) is 11.6 Å². The fourth-order valence-corrected chi connectivity index (χ4v) is 2.34. The van der Waals surface area contributed by atoms with Crippen molar-refractivity contribution in [3.8, 4) is 11.5 Å². The summed E-state index contributed by atoms with van der Waals surface area (Å²) in [6.07, 6.45) is 0.912. The molecule has 0 aliphatic rings. The van der Waals surface area contributed by atoms with Crippen molar-refractivity contribution in [3.05, 3.63) is 41.6 Å². The van der Waals surface area contributed by atoms with Gasteiger partial charge >= 0.3 is 0 Å². The standard InChI is InChI=1S/C14H13ClN2O/c1-2-10-11-5-3-4-6-13(11)18-14(10)12-7-9(8-15)16-17-12/h3-7H,2,8H2,1H3,(H,16,17). The number of aromatic nitrogens is 2. The summed E-state index contributed by atoms with van der Waals surface area (Å²) in [4.78, 5) is 0. The number of aryl methyl sites for hydroxylation is 1. The molecule has 1 aromatic carbocycles. The van der Waals surface area contributed by atoms with Gasteiger partial charge in [0.15, 0.2) is 5.76 Å². The molecule has 4 heteroatoms. The first-order valence-corrected chi connectivity index (χ1v) is 6.48. The third kappa shape index (κ3) is 1.71. The average Bonchev–Trinajstić information content (AvgIpc) is 3.02. The van der Waals surface area contributed by atoms with Crippen LogP contribution in [0.1, 0.15) is 18.2 Å². The van der Waals surface area contributed by atoms with Gasteiger partial charge in [-0.25, -0.2) is 0 Å². The zero-order chi connectivity index (χ0) is 12.5. The van der Waals surface area contributed by atoms with Crippen LogP contribution in [-0.2, 0) is 12.3 Å². The van der Waals surface area contributed by atoms with Crippen LogP contribution in [0.4, 0.5) is 0 Å². The second kappa shape index (κ2) is 4.50. The highest BCUT2D eigenvalue weighted by Crippen LogP contribution is 2.33. The van der Waals surface area contributed by atoms with Crippen molar-refractivity contribution < 1.29 is 4.42 Å². The number of hydrogen-bond acceptors (Lipinski definition) is 2. The molecule has 0 aliphatic carbocycles. The van der Waals surface area contributed by atoms with Gasteiger partial charge in [0.05, 0.1) is 11.6 Å². The molecule has 2 heterocycles. The number of H-pyrrole nitrogens is 1. The zero-order valence-corrected chi connectivity index (χ0v) is 10.8. The highest BCUT2D eigenvalue weighted by molar-refractivity contribution is 6.16. The number of fused-ring (bicyclic) bond motifs is 1. The Hall–Kier alpha value is -1.74. The molecule has 0 radical (unpaired) electrons. The van der Waals surface area contributed by atoms with Gasteiger partial charge in [0.2, 0.25) is 0 Å². The maximum absolute atomic E-state index is 5.91. The van der Waals surface area contributed by atoms with Crippen molar-refractivity contribution in [2.75, 3.05) is 0 Å². The Kier molecular flexibility index (Phi) is 2.84. The zero-order valence-electron chi connectivity index (χ0n) is 10.0. The molecule has 18 heavy (non-hydrogen) atoms. The predicted octanol–water partition coefficient (Wildman–Crippen LogP) is 4.12. The van der Waals surface area contributed by atoms with E-state index in [1.54, 1.807) is 0 Å². The summed E-state index contributed by atoms with van der Waals surface area (Å²) in [5.41, 5.74) is 3.81. The second-order valence-corrected chi connectivity index (χ2v) is 4.44. The normalized spacial score (nSPS) is 11.2. The fourth-order valence-electron chi connectivity index (χ4n) is 2.20. The third-order valence-corrected chi connectivity index (χ3v) is 3.35. The van der Waals surface area contributed by atoms with Crippen molar-refractivity contribution in [1.29, 1.82) is 0 Å². The van der Waals surface area contributed by atoms with Crippen LogP contribution in [0.5, 0.6) is 0 Å². The lowest BCUT2D eigenvalue weighted by Crippen LogP contribution is -1.82. The Morgan fingerprint density at radius 3 is 2.89 bits per heavy atom. The third-order valence-electron chi connectivity index (χ3n) is 3.06. The van der Waals surface area contributed by atoms with Crippen LogP contribution in [0.3, 0.4) is 0 Å². The van der Waals surface area contributed by atoms with Gasteiger partial charge < -0.3 is 4.42 Å². The monoisotopic (exact) mass is 260 g/mol. The number of alkyl halides is 1. The Morgan fingerprint density at radius 1 is 1.33 bits per heavy atom. The van der Waals surface area contributed by atoms with Gasteiger partial charge in [-0.3, -0.25) is 5.10 Å². The van der Waals surface area contributed by atoms with E-state index in [1.165, 1.54) is 5.56 Å². The maximum atomic E-state index is 5.91. The van der Waals surface area contributed by atoms with E-state index < -0.39 is 0 Å². The molecule has 0 atom stereocenters. The quantitative estimate of drug-likeness (QED) is 0.720. The average molecular weight is 261 g/mol. The van der Waals surface area contributed by atoms with Gasteiger partial charge in [-0.05, 0) is 18.6 Å². The number of nitrogens with zero attached hydrogens (tertiary/aromatic N) is 1. The van der Waals surface area contributed by atoms with Crippen LogP contribution in [0.2, 0.25) is 0 Å². The molecular weight excluding hydrogens is 248 g/mol. The number of aromatic amines is 1. The largest absolute Gasteiger partial charge is 0.454 e. The van der Waals surface area contributed by atoms with Crippen molar-refractivity contribution in [1.82, 2.24) is 10.2 Å². The predicted molar refractivity (Wildman–Crippen MR) is 72.7 cm³/mol. The first-order chi connectivity index (χ1) is 8.83. The van der Waals surface area contributed by atoms with Crippen molar-refractivity contribution in [3.63, 3.8) is 0 Å². The van der Waals surface area contributed by atoms with Crippen molar-refractivity contribution in [2.24, 2.45) is 0 Å². The summed E-state index contributed by atoms with van der Waals surface area (Å²) in [5, 5.41) is 8.32. The van der Waals surface area contributed by atoms with E-state index in [9.17, 15) is 0 Å². The van der Waals surface area contributed by atoms with Gasteiger partial charge in [-0.2, -0.15) is 5.10 Å². The number of halogens is 1. The molecular formula is C14H13ClN2O. The van der Waals surface area contributed by atoms with Gasteiger partial charge in [0, 0.05) is 10.9 Å². The lowest BCUT2D eigenvalue weighted by molar-refractivity contribution is 0.624. The SMILES string of the molecule is CCc1c(-c2cc(CCl)[nH]n2)oc2ccccc12. The number of furan rings is 1. The van der Waals surface area contributed by atoms with E-state index >= 15 is 0 Å². The Morgan fingerprint density at radius 2 is 2.17 bits per heavy atom. The lowest BCUT2D eigenvalue weighted by atomic mass is 10.1. The van der Waals surface area contributed by atoms with Crippen LogP contribution in [0.15, 0.2) is 34.7 Å².